The molecule has 0 aliphatic rings. The molecule has 0 heterocycles. The average Bonchev–Trinajstić information content (AvgIpc) is 1.80. The highest BCUT2D eigenvalue weighted by atomic mass is 28.2. The molecular weight excluding hydrogens is 160 g/mol. The van der Waals surface area contributed by atoms with Gasteiger partial charge in [0.15, 0.2) is 9.76 Å². The van der Waals surface area contributed by atoms with Crippen LogP contribution in [0.1, 0.15) is 27.7 Å². The second kappa shape index (κ2) is 3.87. The van der Waals surface area contributed by atoms with Gasteiger partial charge in [0, 0.05) is 5.60 Å². The molecule has 0 spiro atoms. The summed E-state index contributed by atoms with van der Waals surface area (Å²) >= 11 is 0. The van der Waals surface area contributed by atoms with Crippen molar-refractivity contribution in [3.05, 3.63) is 0 Å². The zero-order valence-corrected chi connectivity index (χ0v) is 8.96. The van der Waals surface area contributed by atoms with Crippen molar-refractivity contribution in [2.24, 2.45) is 0 Å². The third kappa shape index (κ3) is 6.06. The van der Waals surface area contributed by atoms with Gasteiger partial charge in [-0.05, 0) is 20.8 Å². The van der Waals surface area contributed by atoms with Crippen LogP contribution in [-0.4, -0.2) is 26.4 Å². The highest BCUT2D eigenvalue weighted by Gasteiger charge is 2.17. The van der Waals surface area contributed by atoms with Gasteiger partial charge in [-0.15, -0.1) is 0 Å². The van der Waals surface area contributed by atoms with Crippen LogP contribution in [0.15, 0.2) is 0 Å². The van der Waals surface area contributed by atoms with Gasteiger partial charge in [0.1, 0.15) is 0 Å². The van der Waals surface area contributed by atoms with Crippen LogP contribution in [0.4, 0.5) is 0 Å². The number of hydrogen-bond donors (Lipinski definition) is 1. The minimum Gasteiger partial charge on any atom is -0.481 e. The predicted octanol–water partition coefficient (Wildman–Crippen LogP) is 0.778. The monoisotopic (exact) mass is 176 g/mol. The maximum absolute atomic E-state index is 10.4. The third-order valence-electron chi connectivity index (χ3n) is 1.19. The standard InChI is InChI=1S/C7H16O3Si/c1-5(6(8)9)11-10-7(2,3)4/h5H,11H2,1-4H3,(H,8,9). The van der Waals surface area contributed by atoms with E-state index in [4.69, 9.17) is 9.53 Å². The Labute approximate surface area is 69.7 Å². The molecule has 0 rings (SSSR count). The van der Waals surface area contributed by atoms with Crippen molar-refractivity contribution < 1.29 is 14.3 Å². The average molecular weight is 176 g/mol. The Kier molecular flexibility index (Phi) is 3.75. The molecule has 3 nitrogen and oxygen atoms in total. The molecule has 1 unspecified atom stereocenters. The van der Waals surface area contributed by atoms with E-state index in [1.165, 1.54) is 0 Å². The molecule has 0 aliphatic carbocycles. The van der Waals surface area contributed by atoms with Gasteiger partial charge in [-0.3, -0.25) is 4.79 Å². The molecule has 1 atom stereocenters. The number of carboxylic acids is 1. The topological polar surface area (TPSA) is 46.5 Å². The van der Waals surface area contributed by atoms with Gasteiger partial charge in [-0.2, -0.15) is 0 Å². The number of aliphatic carboxylic acids is 1. The Balaban J connectivity index is 3.63. The first kappa shape index (κ1) is 10.6. The lowest BCUT2D eigenvalue weighted by molar-refractivity contribution is -0.136. The molecule has 0 saturated heterocycles. The molecule has 66 valence electrons. The first-order valence-corrected chi connectivity index (χ1v) is 5.09. The van der Waals surface area contributed by atoms with Crippen LogP contribution in [-0.2, 0) is 9.22 Å². The second-order valence-corrected chi connectivity index (χ2v) is 5.51. The first-order valence-electron chi connectivity index (χ1n) is 3.69. The lowest BCUT2D eigenvalue weighted by Crippen LogP contribution is -2.25. The zero-order valence-electron chi connectivity index (χ0n) is 7.55. The maximum atomic E-state index is 10.4. The molecule has 4 heteroatoms. The summed E-state index contributed by atoms with van der Waals surface area (Å²) in [6.07, 6.45) is 0. The Morgan fingerprint density at radius 1 is 1.55 bits per heavy atom. The zero-order chi connectivity index (χ0) is 9.07. The highest BCUT2D eigenvalue weighted by Crippen LogP contribution is 2.10. The number of carboxylic acid groups (broad SMARTS) is 1. The molecule has 0 radical (unpaired) electrons. The number of rotatable bonds is 3. The van der Waals surface area contributed by atoms with E-state index in [0.717, 1.165) is 0 Å². The van der Waals surface area contributed by atoms with E-state index in [2.05, 4.69) is 0 Å². The maximum Gasteiger partial charge on any atom is 0.305 e. The first-order chi connectivity index (χ1) is 4.83. The van der Waals surface area contributed by atoms with Crippen LogP contribution in [0.2, 0.25) is 5.54 Å². The van der Waals surface area contributed by atoms with Crippen LogP contribution in [0.5, 0.6) is 0 Å². The van der Waals surface area contributed by atoms with Gasteiger partial charge in [-0.25, -0.2) is 0 Å². The summed E-state index contributed by atoms with van der Waals surface area (Å²) in [5.41, 5.74) is -0.468. The molecular formula is C7H16O3Si. The lowest BCUT2D eigenvalue weighted by atomic mass is 10.2. The Morgan fingerprint density at radius 2 is 2.00 bits per heavy atom. The molecule has 0 aliphatic heterocycles. The molecule has 0 fully saturated rings. The number of carbonyl (C=O) groups is 1. The summed E-state index contributed by atoms with van der Waals surface area (Å²) in [4.78, 5) is 10.4. The molecule has 1 N–H and O–H groups in total. The predicted molar refractivity (Wildman–Crippen MR) is 46.4 cm³/mol. The van der Waals surface area contributed by atoms with Crippen molar-refractivity contribution in [1.82, 2.24) is 0 Å². The van der Waals surface area contributed by atoms with Gasteiger partial charge in [-0.1, -0.05) is 6.92 Å². The van der Waals surface area contributed by atoms with Crippen molar-refractivity contribution in [3.8, 4) is 0 Å². The fourth-order valence-electron chi connectivity index (χ4n) is 0.446. The van der Waals surface area contributed by atoms with E-state index in [9.17, 15) is 4.79 Å². The van der Waals surface area contributed by atoms with Crippen molar-refractivity contribution in [3.63, 3.8) is 0 Å². The van der Waals surface area contributed by atoms with Crippen molar-refractivity contribution in [2.45, 2.75) is 38.8 Å². The van der Waals surface area contributed by atoms with Crippen LogP contribution >= 0.6 is 0 Å². The molecule has 0 aromatic heterocycles. The van der Waals surface area contributed by atoms with Crippen molar-refractivity contribution in [1.29, 1.82) is 0 Å². The molecule has 11 heavy (non-hydrogen) atoms. The minimum absolute atomic E-state index is 0.185. The third-order valence-corrected chi connectivity index (χ3v) is 3.07. The fourth-order valence-corrected chi connectivity index (χ4v) is 1.34. The lowest BCUT2D eigenvalue weighted by Gasteiger charge is -2.21. The molecule has 0 aromatic rings. The normalized spacial score (nSPS) is 15.6. The summed E-state index contributed by atoms with van der Waals surface area (Å²) in [7, 11) is -0.916. The van der Waals surface area contributed by atoms with Crippen molar-refractivity contribution in [2.75, 3.05) is 0 Å². The van der Waals surface area contributed by atoms with Crippen LogP contribution in [0.3, 0.4) is 0 Å². The molecule has 0 saturated carbocycles. The summed E-state index contributed by atoms with van der Waals surface area (Å²) in [6, 6.07) is 0. The van der Waals surface area contributed by atoms with Gasteiger partial charge in [0.25, 0.3) is 0 Å². The summed E-state index contributed by atoms with van der Waals surface area (Å²) in [5.74, 6) is -0.749. The van der Waals surface area contributed by atoms with E-state index in [0.29, 0.717) is 0 Å². The Morgan fingerprint density at radius 3 is 2.27 bits per heavy atom. The fraction of sp³-hybridized carbons (Fsp3) is 0.857. The van der Waals surface area contributed by atoms with Crippen molar-refractivity contribution >= 4 is 15.7 Å². The van der Waals surface area contributed by atoms with Crippen LogP contribution < -0.4 is 0 Å². The molecule has 0 amide bonds. The molecule has 0 bridgehead atoms. The van der Waals surface area contributed by atoms with E-state index in [1.54, 1.807) is 6.92 Å². The van der Waals surface area contributed by atoms with Gasteiger partial charge < -0.3 is 9.53 Å². The number of hydrogen-bond acceptors (Lipinski definition) is 2. The van der Waals surface area contributed by atoms with Crippen LogP contribution in [0.25, 0.3) is 0 Å². The molecule has 0 aromatic carbocycles. The van der Waals surface area contributed by atoms with Gasteiger partial charge >= 0.3 is 5.97 Å². The SMILES string of the molecule is CC([SiH2]OC(C)(C)C)C(=O)O. The van der Waals surface area contributed by atoms with E-state index in [1.807, 2.05) is 20.8 Å². The summed E-state index contributed by atoms with van der Waals surface area (Å²) in [5, 5.41) is 8.53. The van der Waals surface area contributed by atoms with Gasteiger partial charge in [0.05, 0.1) is 5.54 Å². The van der Waals surface area contributed by atoms with E-state index >= 15 is 0 Å². The Hall–Kier alpha value is -0.353. The van der Waals surface area contributed by atoms with E-state index < -0.39 is 15.7 Å². The Bertz CT molecular complexity index is 139. The van der Waals surface area contributed by atoms with Gasteiger partial charge in [0.2, 0.25) is 0 Å². The van der Waals surface area contributed by atoms with E-state index in [-0.39, 0.29) is 11.1 Å². The highest BCUT2D eigenvalue weighted by molar-refractivity contribution is 6.36. The summed E-state index contributed by atoms with van der Waals surface area (Å²) in [6.45, 7) is 7.51. The smallest absolute Gasteiger partial charge is 0.305 e. The quantitative estimate of drug-likeness (QED) is 0.646. The second-order valence-electron chi connectivity index (χ2n) is 3.66. The van der Waals surface area contributed by atoms with Crippen LogP contribution in [0, 0.1) is 0 Å². The minimum atomic E-state index is -0.916. The summed E-state index contributed by atoms with van der Waals surface area (Å²) < 4.78 is 5.41. The largest absolute Gasteiger partial charge is 0.481 e.